The standard InChI is InChI=1S/C14H17ClN2O4/c1-3-4-13-16-12(17-21-13)8-20-14-9(7-18)5-10(15)6-11(14)19-2/h5-6,18H,3-4,7-8H2,1-2H3. The van der Waals surface area contributed by atoms with Gasteiger partial charge in [0.2, 0.25) is 11.7 Å². The van der Waals surface area contributed by atoms with E-state index in [9.17, 15) is 5.11 Å². The van der Waals surface area contributed by atoms with Crippen molar-refractivity contribution >= 4 is 11.6 Å². The molecule has 0 saturated heterocycles. The number of ether oxygens (including phenoxy) is 2. The summed E-state index contributed by atoms with van der Waals surface area (Å²) in [5, 5.41) is 13.7. The van der Waals surface area contributed by atoms with Gasteiger partial charge in [0.15, 0.2) is 18.1 Å². The second-order valence-corrected chi connectivity index (χ2v) is 4.83. The fraction of sp³-hybridized carbons (Fsp3) is 0.429. The van der Waals surface area contributed by atoms with Crippen LogP contribution in [0.3, 0.4) is 0 Å². The number of rotatable bonds is 7. The van der Waals surface area contributed by atoms with Gasteiger partial charge in [0.1, 0.15) is 0 Å². The van der Waals surface area contributed by atoms with Gasteiger partial charge in [-0.25, -0.2) is 0 Å². The molecule has 0 spiro atoms. The number of aryl methyl sites for hydroxylation is 1. The average molecular weight is 313 g/mol. The van der Waals surface area contributed by atoms with E-state index in [1.807, 2.05) is 6.92 Å². The molecule has 7 heteroatoms. The second-order valence-electron chi connectivity index (χ2n) is 4.40. The summed E-state index contributed by atoms with van der Waals surface area (Å²) in [5.41, 5.74) is 0.539. The number of hydrogen-bond acceptors (Lipinski definition) is 6. The molecule has 0 aliphatic carbocycles. The SMILES string of the molecule is CCCc1nc(COc2c(CO)cc(Cl)cc2OC)no1. The molecule has 1 N–H and O–H groups in total. The van der Waals surface area contributed by atoms with Crippen LogP contribution >= 0.6 is 11.6 Å². The van der Waals surface area contributed by atoms with Gasteiger partial charge >= 0.3 is 0 Å². The molecular weight excluding hydrogens is 296 g/mol. The maximum Gasteiger partial charge on any atom is 0.226 e. The topological polar surface area (TPSA) is 77.6 Å². The average Bonchev–Trinajstić information content (AvgIpc) is 2.93. The summed E-state index contributed by atoms with van der Waals surface area (Å²) in [6.07, 6.45) is 1.67. The van der Waals surface area contributed by atoms with Gasteiger partial charge in [-0.05, 0) is 12.5 Å². The Kier molecular flexibility index (Phi) is 5.41. The smallest absolute Gasteiger partial charge is 0.226 e. The van der Waals surface area contributed by atoms with Crippen molar-refractivity contribution in [2.24, 2.45) is 0 Å². The lowest BCUT2D eigenvalue weighted by atomic mass is 10.2. The summed E-state index contributed by atoms with van der Waals surface area (Å²) < 4.78 is 16.0. The Hall–Kier alpha value is -1.79. The molecule has 0 radical (unpaired) electrons. The van der Waals surface area contributed by atoms with Crippen molar-refractivity contribution in [2.75, 3.05) is 7.11 Å². The zero-order valence-electron chi connectivity index (χ0n) is 11.9. The Balaban J connectivity index is 2.14. The number of hydrogen-bond donors (Lipinski definition) is 1. The highest BCUT2D eigenvalue weighted by atomic mass is 35.5. The molecule has 0 fully saturated rings. The predicted molar refractivity (Wildman–Crippen MR) is 76.6 cm³/mol. The molecule has 0 aliphatic heterocycles. The Morgan fingerprint density at radius 3 is 2.86 bits per heavy atom. The van der Waals surface area contributed by atoms with Gasteiger partial charge < -0.3 is 19.1 Å². The molecule has 1 aromatic carbocycles. The molecule has 0 aliphatic rings. The van der Waals surface area contributed by atoms with Crippen LogP contribution in [0.15, 0.2) is 16.7 Å². The maximum atomic E-state index is 9.39. The number of aliphatic hydroxyl groups excluding tert-OH is 1. The number of aliphatic hydroxyl groups is 1. The summed E-state index contributed by atoms with van der Waals surface area (Å²) in [6, 6.07) is 3.24. The van der Waals surface area contributed by atoms with E-state index in [-0.39, 0.29) is 13.2 Å². The van der Waals surface area contributed by atoms with Gasteiger partial charge in [-0.3, -0.25) is 0 Å². The lowest BCUT2D eigenvalue weighted by Crippen LogP contribution is -2.03. The highest BCUT2D eigenvalue weighted by Gasteiger charge is 2.14. The third kappa shape index (κ3) is 3.86. The summed E-state index contributed by atoms with van der Waals surface area (Å²) in [6.45, 7) is 1.95. The minimum Gasteiger partial charge on any atom is -0.493 e. The summed E-state index contributed by atoms with van der Waals surface area (Å²) in [7, 11) is 1.51. The van der Waals surface area contributed by atoms with Gasteiger partial charge in [0, 0.05) is 23.1 Å². The number of halogens is 1. The normalized spacial score (nSPS) is 10.7. The Bertz CT molecular complexity index is 575. The van der Waals surface area contributed by atoms with E-state index in [0.29, 0.717) is 33.8 Å². The van der Waals surface area contributed by atoms with Crippen molar-refractivity contribution in [3.63, 3.8) is 0 Å². The minimum atomic E-state index is -0.209. The number of nitrogens with zero attached hydrogens (tertiary/aromatic N) is 2. The molecule has 2 rings (SSSR count). The van der Waals surface area contributed by atoms with Crippen LogP contribution in [-0.4, -0.2) is 22.4 Å². The third-order valence-electron chi connectivity index (χ3n) is 2.81. The van der Waals surface area contributed by atoms with Crippen LogP contribution < -0.4 is 9.47 Å². The first-order chi connectivity index (χ1) is 10.2. The Morgan fingerprint density at radius 2 is 2.19 bits per heavy atom. The van der Waals surface area contributed by atoms with E-state index in [1.54, 1.807) is 12.1 Å². The molecule has 21 heavy (non-hydrogen) atoms. The molecule has 1 heterocycles. The van der Waals surface area contributed by atoms with Gasteiger partial charge in [-0.2, -0.15) is 4.98 Å². The van der Waals surface area contributed by atoms with E-state index >= 15 is 0 Å². The van der Waals surface area contributed by atoms with Crippen LogP contribution in [0.4, 0.5) is 0 Å². The predicted octanol–water partition coefficient (Wildman–Crippen LogP) is 2.76. The molecule has 0 unspecified atom stereocenters. The fourth-order valence-electron chi connectivity index (χ4n) is 1.86. The van der Waals surface area contributed by atoms with Crippen LogP contribution in [0.1, 0.15) is 30.6 Å². The molecule has 0 amide bonds. The van der Waals surface area contributed by atoms with Crippen LogP contribution in [0.5, 0.6) is 11.5 Å². The number of benzene rings is 1. The first-order valence-corrected chi connectivity index (χ1v) is 6.97. The van der Waals surface area contributed by atoms with E-state index in [1.165, 1.54) is 7.11 Å². The molecule has 1 aromatic heterocycles. The minimum absolute atomic E-state index is 0.123. The first kappa shape index (κ1) is 15.6. The quantitative estimate of drug-likeness (QED) is 0.847. The van der Waals surface area contributed by atoms with Crippen molar-refractivity contribution in [3.8, 4) is 11.5 Å². The molecule has 6 nitrogen and oxygen atoms in total. The zero-order chi connectivity index (χ0) is 15.2. The third-order valence-corrected chi connectivity index (χ3v) is 3.02. The fourth-order valence-corrected chi connectivity index (χ4v) is 2.09. The van der Waals surface area contributed by atoms with Crippen LogP contribution in [0.2, 0.25) is 5.02 Å². The number of methoxy groups -OCH3 is 1. The molecule has 2 aromatic rings. The first-order valence-electron chi connectivity index (χ1n) is 6.59. The number of aromatic nitrogens is 2. The van der Waals surface area contributed by atoms with Gasteiger partial charge in [-0.1, -0.05) is 23.7 Å². The van der Waals surface area contributed by atoms with Crippen molar-refractivity contribution in [3.05, 3.63) is 34.4 Å². The van der Waals surface area contributed by atoms with E-state index in [0.717, 1.165) is 12.8 Å². The van der Waals surface area contributed by atoms with Crippen molar-refractivity contribution in [1.82, 2.24) is 10.1 Å². The zero-order valence-corrected chi connectivity index (χ0v) is 12.7. The van der Waals surface area contributed by atoms with Gasteiger partial charge in [0.25, 0.3) is 0 Å². The van der Waals surface area contributed by atoms with Gasteiger partial charge in [-0.15, -0.1) is 0 Å². The van der Waals surface area contributed by atoms with Crippen LogP contribution in [0.25, 0.3) is 0 Å². The lowest BCUT2D eigenvalue weighted by Gasteiger charge is -2.13. The summed E-state index contributed by atoms with van der Waals surface area (Å²) >= 11 is 5.95. The highest BCUT2D eigenvalue weighted by molar-refractivity contribution is 6.30. The summed E-state index contributed by atoms with van der Waals surface area (Å²) in [4.78, 5) is 4.21. The van der Waals surface area contributed by atoms with Crippen molar-refractivity contribution in [2.45, 2.75) is 33.0 Å². The molecule has 114 valence electrons. The lowest BCUT2D eigenvalue weighted by molar-refractivity contribution is 0.243. The van der Waals surface area contributed by atoms with Gasteiger partial charge in [0.05, 0.1) is 13.7 Å². The van der Waals surface area contributed by atoms with Crippen molar-refractivity contribution < 1.29 is 19.1 Å². The molecular formula is C14H17ClN2O4. The van der Waals surface area contributed by atoms with Crippen LogP contribution in [-0.2, 0) is 19.6 Å². The maximum absolute atomic E-state index is 9.39. The largest absolute Gasteiger partial charge is 0.493 e. The Morgan fingerprint density at radius 1 is 1.38 bits per heavy atom. The van der Waals surface area contributed by atoms with E-state index in [2.05, 4.69) is 10.1 Å². The second kappa shape index (κ2) is 7.28. The van der Waals surface area contributed by atoms with E-state index < -0.39 is 0 Å². The highest BCUT2D eigenvalue weighted by Crippen LogP contribution is 2.35. The van der Waals surface area contributed by atoms with Crippen molar-refractivity contribution in [1.29, 1.82) is 0 Å². The van der Waals surface area contributed by atoms with E-state index in [4.69, 9.17) is 25.6 Å². The summed E-state index contributed by atoms with van der Waals surface area (Å²) in [5.74, 6) is 1.90. The molecule has 0 saturated carbocycles. The Labute approximate surface area is 127 Å². The molecule has 0 bridgehead atoms. The molecule has 0 atom stereocenters. The monoisotopic (exact) mass is 312 g/mol. The van der Waals surface area contributed by atoms with Crippen LogP contribution in [0, 0.1) is 0 Å².